The molecule has 0 heterocycles. The molecule has 16 heavy (non-hydrogen) atoms. The highest BCUT2D eigenvalue weighted by atomic mass is 19.4. The molecule has 0 saturated carbocycles. The maximum absolute atomic E-state index is 12.4. The van der Waals surface area contributed by atoms with Gasteiger partial charge in [-0.1, -0.05) is 0 Å². The van der Waals surface area contributed by atoms with Crippen LogP contribution in [-0.4, -0.2) is 31.2 Å². The van der Waals surface area contributed by atoms with E-state index < -0.39 is 37.0 Å². The van der Waals surface area contributed by atoms with E-state index in [-0.39, 0.29) is 6.42 Å². The van der Waals surface area contributed by atoms with Crippen LogP contribution in [0.2, 0.25) is 0 Å². The molecule has 0 aromatic heterocycles. The second kappa shape index (κ2) is 5.42. The van der Waals surface area contributed by atoms with E-state index in [2.05, 4.69) is 4.74 Å². The molecular formula is C8H12F5NO2. The van der Waals surface area contributed by atoms with Crippen molar-refractivity contribution in [3.05, 3.63) is 0 Å². The van der Waals surface area contributed by atoms with E-state index in [9.17, 15) is 26.7 Å². The number of halogens is 5. The highest BCUT2D eigenvalue weighted by molar-refractivity contribution is 5.75. The first kappa shape index (κ1) is 15.1. The van der Waals surface area contributed by atoms with Crippen LogP contribution in [-0.2, 0) is 9.53 Å². The predicted molar refractivity (Wildman–Crippen MR) is 44.8 cm³/mol. The maximum atomic E-state index is 12.4. The lowest BCUT2D eigenvalue weighted by Gasteiger charge is -2.19. The van der Waals surface area contributed by atoms with Crippen molar-refractivity contribution in [1.29, 1.82) is 0 Å². The van der Waals surface area contributed by atoms with Crippen molar-refractivity contribution in [1.82, 2.24) is 0 Å². The first-order valence-electron chi connectivity index (χ1n) is 4.40. The van der Waals surface area contributed by atoms with Gasteiger partial charge in [-0.15, -0.1) is 0 Å². The zero-order valence-corrected chi connectivity index (χ0v) is 8.48. The van der Waals surface area contributed by atoms with Crippen LogP contribution in [0.4, 0.5) is 22.0 Å². The van der Waals surface area contributed by atoms with Gasteiger partial charge in [0.25, 0.3) is 0 Å². The monoisotopic (exact) mass is 249 g/mol. The Labute approximate surface area is 88.7 Å². The minimum atomic E-state index is -5.57. The standard InChI is InChI=1S/C8H12F5NO2/c1-16-6(15)5(14)3-2-4-7(9,10)8(11,12)13/h5H,2-4,14H2,1H3. The summed E-state index contributed by atoms with van der Waals surface area (Å²) in [6.45, 7) is 0. The summed E-state index contributed by atoms with van der Waals surface area (Å²) in [5, 5.41) is 0. The SMILES string of the molecule is COC(=O)C(N)CCCC(F)(F)C(F)(F)F. The summed E-state index contributed by atoms with van der Waals surface area (Å²) in [5.74, 6) is -5.58. The summed E-state index contributed by atoms with van der Waals surface area (Å²) < 4.78 is 64.1. The average molecular weight is 249 g/mol. The van der Waals surface area contributed by atoms with E-state index >= 15 is 0 Å². The second-order valence-corrected chi connectivity index (χ2v) is 3.22. The van der Waals surface area contributed by atoms with E-state index in [1.165, 1.54) is 0 Å². The van der Waals surface area contributed by atoms with E-state index in [0.717, 1.165) is 7.11 Å². The van der Waals surface area contributed by atoms with Crippen molar-refractivity contribution in [3.63, 3.8) is 0 Å². The number of esters is 1. The molecule has 0 aromatic carbocycles. The molecule has 96 valence electrons. The molecule has 0 radical (unpaired) electrons. The molecule has 0 rings (SSSR count). The lowest BCUT2D eigenvalue weighted by molar-refractivity contribution is -0.284. The van der Waals surface area contributed by atoms with Gasteiger partial charge in [0.1, 0.15) is 6.04 Å². The van der Waals surface area contributed by atoms with Crippen LogP contribution in [0.3, 0.4) is 0 Å². The van der Waals surface area contributed by atoms with Crippen LogP contribution in [0.5, 0.6) is 0 Å². The van der Waals surface area contributed by atoms with Crippen molar-refractivity contribution in [2.75, 3.05) is 7.11 Å². The Morgan fingerprint density at radius 2 is 1.81 bits per heavy atom. The van der Waals surface area contributed by atoms with Crippen molar-refractivity contribution in [3.8, 4) is 0 Å². The molecule has 0 aromatic rings. The zero-order chi connectivity index (χ0) is 13.0. The molecule has 0 aliphatic carbocycles. The number of carbonyl (C=O) groups excluding carboxylic acids is 1. The Balaban J connectivity index is 4.04. The zero-order valence-electron chi connectivity index (χ0n) is 8.48. The van der Waals surface area contributed by atoms with Crippen LogP contribution in [0, 0.1) is 0 Å². The minimum Gasteiger partial charge on any atom is -0.468 e. The third-order valence-electron chi connectivity index (χ3n) is 1.92. The average Bonchev–Trinajstić information content (AvgIpc) is 2.14. The molecule has 1 atom stereocenters. The van der Waals surface area contributed by atoms with E-state index in [1.807, 2.05) is 0 Å². The number of alkyl halides is 5. The predicted octanol–water partition coefficient (Wildman–Crippen LogP) is 1.85. The van der Waals surface area contributed by atoms with Crippen LogP contribution in [0.1, 0.15) is 19.3 Å². The van der Waals surface area contributed by atoms with Gasteiger partial charge in [-0.3, -0.25) is 4.79 Å². The highest BCUT2D eigenvalue weighted by Gasteiger charge is 2.56. The number of ether oxygens (including phenoxy) is 1. The molecule has 1 unspecified atom stereocenters. The smallest absolute Gasteiger partial charge is 0.453 e. The topological polar surface area (TPSA) is 52.3 Å². The fourth-order valence-corrected chi connectivity index (χ4v) is 0.955. The second-order valence-electron chi connectivity index (χ2n) is 3.22. The highest BCUT2D eigenvalue weighted by Crippen LogP contribution is 2.39. The van der Waals surface area contributed by atoms with Gasteiger partial charge in [0.15, 0.2) is 0 Å². The van der Waals surface area contributed by atoms with Gasteiger partial charge in [0.05, 0.1) is 7.11 Å². The van der Waals surface area contributed by atoms with Gasteiger partial charge >= 0.3 is 18.1 Å². The molecule has 0 fully saturated rings. The maximum Gasteiger partial charge on any atom is 0.453 e. The Hall–Kier alpha value is -0.920. The number of carbonyl (C=O) groups is 1. The lowest BCUT2D eigenvalue weighted by atomic mass is 10.1. The Morgan fingerprint density at radius 1 is 1.31 bits per heavy atom. The van der Waals surface area contributed by atoms with Gasteiger partial charge in [-0.2, -0.15) is 22.0 Å². The third-order valence-corrected chi connectivity index (χ3v) is 1.92. The van der Waals surface area contributed by atoms with Crippen LogP contribution < -0.4 is 5.73 Å². The molecule has 0 aliphatic rings. The molecule has 0 saturated heterocycles. The number of nitrogens with two attached hydrogens (primary N) is 1. The van der Waals surface area contributed by atoms with Crippen LogP contribution in [0.25, 0.3) is 0 Å². The van der Waals surface area contributed by atoms with Crippen LogP contribution in [0.15, 0.2) is 0 Å². The quantitative estimate of drug-likeness (QED) is 0.597. The van der Waals surface area contributed by atoms with Crippen molar-refractivity contribution in [2.45, 2.75) is 37.4 Å². The fourth-order valence-electron chi connectivity index (χ4n) is 0.955. The molecule has 0 spiro atoms. The van der Waals surface area contributed by atoms with Gasteiger partial charge in [0.2, 0.25) is 0 Å². The summed E-state index contributed by atoms with van der Waals surface area (Å²) in [4.78, 5) is 10.7. The van der Waals surface area contributed by atoms with Crippen molar-refractivity contribution < 1.29 is 31.5 Å². The fraction of sp³-hybridized carbons (Fsp3) is 0.875. The number of hydrogen-bond acceptors (Lipinski definition) is 3. The Bertz CT molecular complexity index is 241. The van der Waals surface area contributed by atoms with Gasteiger partial charge in [-0.05, 0) is 12.8 Å². The molecule has 0 aliphatic heterocycles. The summed E-state index contributed by atoms with van der Waals surface area (Å²) in [7, 11) is 1.05. The van der Waals surface area contributed by atoms with Crippen molar-refractivity contribution in [2.24, 2.45) is 5.73 Å². The van der Waals surface area contributed by atoms with E-state index in [1.54, 1.807) is 0 Å². The van der Waals surface area contributed by atoms with Gasteiger partial charge < -0.3 is 10.5 Å². The molecule has 2 N–H and O–H groups in total. The molecule has 8 heteroatoms. The molecule has 0 bridgehead atoms. The summed E-state index contributed by atoms with van der Waals surface area (Å²) in [6.07, 6.45) is -7.75. The number of rotatable bonds is 5. The number of hydrogen-bond donors (Lipinski definition) is 1. The first-order chi connectivity index (χ1) is 7.12. The summed E-state index contributed by atoms with van der Waals surface area (Å²) in [5.41, 5.74) is 5.17. The normalized spacial score (nSPS) is 14.7. The van der Waals surface area contributed by atoms with Crippen molar-refractivity contribution >= 4 is 5.97 Å². The summed E-state index contributed by atoms with van der Waals surface area (Å²) >= 11 is 0. The summed E-state index contributed by atoms with van der Waals surface area (Å²) in [6, 6.07) is -1.17. The molecule has 0 amide bonds. The Morgan fingerprint density at radius 3 is 2.19 bits per heavy atom. The Kier molecular flexibility index (Phi) is 5.11. The van der Waals surface area contributed by atoms with Gasteiger partial charge in [0, 0.05) is 6.42 Å². The first-order valence-corrected chi connectivity index (χ1v) is 4.40. The largest absolute Gasteiger partial charge is 0.468 e. The molecular weight excluding hydrogens is 237 g/mol. The van der Waals surface area contributed by atoms with E-state index in [4.69, 9.17) is 5.73 Å². The molecule has 3 nitrogen and oxygen atoms in total. The third kappa shape index (κ3) is 4.30. The lowest BCUT2D eigenvalue weighted by Crippen LogP contribution is -2.37. The van der Waals surface area contributed by atoms with Crippen LogP contribution >= 0.6 is 0 Å². The minimum absolute atomic E-state index is 0.279. The van der Waals surface area contributed by atoms with Gasteiger partial charge in [-0.25, -0.2) is 0 Å². The number of methoxy groups -OCH3 is 1. The van der Waals surface area contributed by atoms with E-state index in [0.29, 0.717) is 0 Å².